The van der Waals surface area contributed by atoms with Gasteiger partial charge in [0.1, 0.15) is 27.5 Å². The fraction of sp³-hybridized carbons (Fsp3) is 0.391. The minimum absolute atomic E-state index is 0.0431. The number of carbonyl (C=O) groups excluding carboxylic acids is 1. The molecule has 34 heavy (non-hydrogen) atoms. The van der Waals surface area contributed by atoms with Gasteiger partial charge in [0.25, 0.3) is 0 Å². The van der Waals surface area contributed by atoms with E-state index >= 15 is 0 Å². The minimum atomic E-state index is -3.87. The summed E-state index contributed by atoms with van der Waals surface area (Å²) in [6, 6.07) is 9.30. The summed E-state index contributed by atoms with van der Waals surface area (Å²) < 4.78 is 37.5. The Morgan fingerprint density at radius 3 is 2.21 bits per heavy atom. The van der Waals surface area contributed by atoms with E-state index in [1.807, 2.05) is 13.8 Å². The number of thiazole rings is 1. The van der Waals surface area contributed by atoms with E-state index in [1.54, 1.807) is 26.4 Å². The number of benzene rings is 2. The molecule has 0 spiro atoms. The number of hydrogen-bond acceptors (Lipinski definition) is 8. The van der Waals surface area contributed by atoms with Gasteiger partial charge in [0.05, 0.1) is 19.1 Å². The van der Waals surface area contributed by atoms with Crippen LogP contribution in [0.1, 0.15) is 13.8 Å². The van der Waals surface area contributed by atoms with Gasteiger partial charge in [-0.25, -0.2) is 13.4 Å². The molecule has 0 saturated carbocycles. The largest absolute Gasteiger partial charge is 0.495 e. The average Bonchev–Trinajstić information content (AvgIpc) is 3.26. The Morgan fingerprint density at radius 2 is 1.62 bits per heavy atom. The van der Waals surface area contributed by atoms with E-state index in [0.29, 0.717) is 40.3 Å². The monoisotopic (exact) mass is 525 g/mol. The number of nitrogens with zero attached hydrogens (tertiary/aromatic N) is 3. The number of ether oxygens (including phenoxy) is 2. The lowest BCUT2D eigenvalue weighted by atomic mass is 10.3. The van der Waals surface area contributed by atoms with E-state index in [4.69, 9.17) is 21.1 Å². The fourth-order valence-electron chi connectivity index (χ4n) is 3.46. The Morgan fingerprint density at radius 1 is 1.00 bits per heavy atom. The predicted octanol–water partition coefficient (Wildman–Crippen LogP) is 4.12. The van der Waals surface area contributed by atoms with E-state index < -0.39 is 21.5 Å². The van der Waals surface area contributed by atoms with Crippen molar-refractivity contribution >= 4 is 54.0 Å². The normalized spacial score (nSPS) is 11.7. The second-order valence-corrected chi connectivity index (χ2v) is 10.8. The Bertz CT molecular complexity index is 1200. The SMILES string of the molecule is CCN(CC)CCN(C(=O)CS(=O)(=O)c1ccc(Cl)cc1)c1nc2c(OC)ccc(OC)c2s1. The lowest BCUT2D eigenvalue weighted by molar-refractivity contribution is -0.116. The maximum Gasteiger partial charge on any atom is 0.244 e. The number of sulfone groups is 1. The molecular weight excluding hydrogens is 498 g/mol. The number of rotatable bonds is 11. The van der Waals surface area contributed by atoms with Crippen molar-refractivity contribution in [2.45, 2.75) is 18.7 Å². The zero-order chi connectivity index (χ0) is 24.9. The molecule has 1 amide bonds. The highest BCUT2D eigenvalue weighted by atomic mass is 35.5. The number of hydrogen-bond donors (Lipinski definition) is 0. The molecule has 3 rings (SSSR count). The van der Waals surface area contributed by atoms with Gasteiger partial charge in [-0.05, 0) is 49.5 Å². The fourth-order valence-corrected chi connectivity index (χ4v) is 5.91. The lowest BCUT2D eigenvalue weighted by Gasteiger charge is -2.24. The van der Waals surface area contributed by atoms with Crippen molar-refractivity contribution in [2.75, 3.05) is 51.1 Å². The van der Waals surface area contributed by atoms with Crippen molar-refractivity contribution in [3.05, 3.63) is 41.4 Å². The highest BCUT2D eigenvalue weighted by Crippen LogP contribution is 2.40. The van der Waals surface area contributed by atoms with Gasteiger partial charge in [0.15, 0.2) is 15.0 Å². The highest BCUT2D eigenvalue weighted by molar-refractivity contribution is 7.92. The molecule has 11 heteroatoms. The number of aromatic nitrogens is 1. The van der Waals surface area contributed by atoms with Crippen LogP contribution in [0.15, 0.2) is 41.3 Å². The number of methoxy groups -OCH3 is 2. The van der Waals surface area contributed by atoms with Crippen LogP contribution in [0.3, 0.4) is 0 Å². The van der Waals surface area contributed by atoms with Crippen LogP contribution in [-0.2, 0) is 14.6 Å². The van der Waals surface area contributed by atoms with Gasteiger partial charge < -0.3 is 14.4 Å². The molecular formula is C23H28ClN3O5S2. The molecule has 0 bridgehead atoms. The third kappa shape index (κ3) is 5.80. The maximum absolute atomic E-state index is 13.4. The summed E-state index contributed by atoms with van der Waals surface area (Å²) in [4.78, 5) is 21.7. The third-order valence-electron chi connectivity index (χ3n) is 5.45. The molecule has 0 fully saturated rings. The Balaban J connectivity index is 1.99. The summed E-state index contributed by atoms with van der Waals surface area (Å²) in [6.07, 6.45) is 0. The van der Waals surface area contributed by atoms with E-state index in [9.17, 15) is 13.2 Å². The third-order valence-corrected chi connectivity index (χ3v) is 8.41. The predicted molar refractivity (Wildman–Crippen MR) is 136 cm³/mol. The summed E-state index contributed by atoms with van der Waals surface area (Å²) in [5, 5.41) is 0.810. The van der Waals surface area contributed by atoms with Crippen LogP contribution in [0.2, 0.25) is 5.02 Å². The first-order valence-corrected chi connectivity index (χ1v) is 13.6. The number of amides is 1. The first kappa shape index (κ1) is 26.2. The van der Waals surface area contributed by atoms with Gasteiger partial charge in [0.2, 0.25) is 5.91 Å². The van der Waals surface area contributed by atoms with Crippen molar-refractivity contribution in [1.29, 1.82) is 0 Å². The van der Waals surface area contributed by atoms with Crippen molar-refractivity contribution in [3.63, 3.8) is 0 Å². The second-order valence-electron chi connectivity index (χ2n) is 7.43. The molecule has 8 nitrogen and oxygen atoms in total. The first-order chi connectivity index (χ1) is 16.2. The number of anilines is 1. The number of fused-ring (bicyclic) bond motifs is 1. The van der Waals surface area contributed by atoms with E-state index in [-0.39, 0.29) is 4.90 Å². The van der Waals surface area contributed by atoms with Crippen LogP contribution >= 0.6 is 22.9 Å². The maximum atomic E-state index is 13.4. The van der Waals surface area contributed by atoms with Crippen LogP contribution in [0, 0.1) is 0 Å². The summed E-state index contributed by atoms with van der Waals surface area (Å²) >= 11 is 7.15. The van der Waals surface area contributed by atoms with Gasteiger partial charge in [-0.2, -0.15) is 0 Å². The molecule has 0 atom stereocenters. The molecule has 2 aromatic carbocycles. The molecule has 0 saturated heterocycles. The Labute approximate surface area is 209 Å². The standard InChI is InChI=1S/C23H28ClN3O5S2/c1-5-26(6-2)13-14-27(20(28)15-34(29,30)17-9-7-16(24)8-10-17)23-25-21-18(31-3)11-12-19(32-4)22(21)33-23/h7-12H,5-6,13-15H2,1-4H3. The van der Waals surface area contributed by atoms with Crippen LogP contribution < -0.4 is 14.4 Å². The summed E-state index contributed by atoms with van der Waals surface area (Å²) in [5.74, 6) is -0.0938. The molecule has 3 aromatic rings. The smallest absolute Gasteiger partial charge is 0.244 e. The molecule has 0 N–H and O–H groups in total. The topological polar surface area (TPSA) is 89.0 Å². The van der Waals surface area contributed by atoms with Crippen molar-refractivity contribution in [3.8, 4) is 11.5 Å². The summed E-state index contributed by atoms with van der Waals surface area (Å²) in [7, 11) is -0.769. The minimum Gasteiger partial charge on any atom is -0.495 e. The molecule has 0 aliphatic rings. The number of halogens is 1. The first-order valence-electron chi connectivity index (χ1n) is 10.8. The molecule has 1 aromatic heterocycles. The molecule has 184 valence electrons. The summed E-state index contributed by atoms with van der Waals surface area (Å²) in [5.41, 5.74) is 0.558. The zero-order valence-corrected chi connectivity index (χ0v) is 22.0. The molecule has 0 aliphatic heterocycles. The number of carbonyl (C=O) groups is 1. The van der Waals surface area contributed by atoms with E-state index in [1.165, 1.54) is 40.5 Å². The van der Waals surface area contributed by atoms with Gasteiger partial charge in [-0.1, -0.05) is 36.8 Å². The van der Waals surface area contributed by atoms with Crippen molar-refractivity contribution in [1.82, 2.24) is 9.88 Å². The highest BCUT2D eigenvalue weighted by Gasteiger charge is 2.28. The quantitative estimate of drug-likeness (QED) is 0.372. The lowest BCUT2D eigenvalue weighted by Crippen LogP contribution is -2.41. The van der Waals surface area contributed by atoms with Crippen LogP contribution in [0.25, 0.3) is 10.2 Å². The Kier molecular flexibility index (Phi) is 8.75. The number of likely N-dealkylation sites (N-methyl/N-ethyl adjacent to an activating group) is 1. The van der Waals surface area contributed by atoms with Crippen molar-refractivity contribution in [2.24, 2.45) is 0 Å². The van der Waals surface area contributed by atoms with Crippen molar-refractivity contribution < 1.29 is 22.7 Å². The summed E-state index contributed by atoms with van der Waals surface area (Å²) in [6.45, 7) is 6.55. The van der Waals surface area contributed by atoms with Crippen LogP contribution in [-0.4, -0.2) is 70.4 Å². The van der Waals surface area contributed by atoms with Gasteiger partial charge >= 0.3 is 0 Å². The molecule has 0 aliphatic carbocycles. The molecule has 0 unspecified atom stereocenters. The van der Waals surface area contributed by atoms with Crippen LogP contribution in [0.5, 0.6) is 11.5 Å². The van der Waals surface area contributed by atoms with Crippen LogP contribution in [0.4, 0.5) is 5.13 Å². The van der Waals surface area contributed by atoms with Gasteiger partial charge in [-0.3, -0.25) is 9.69 Å². The van der Waals surface area contributed by atoms with Gasteiger partial charge in [0, 0.05) is 18.1 Å². The second kappa shape index (κ2) is 11.4. The molecule has 1 heterocycles. The van der Waals surface area contributed by atoms with Gasteiger partial charge in [-0.15, -0.1) is 0 Å². The van der Waals surface area contributed by atoms with E-state index in [0.717, 1.165) is 17.8 Å². The average molecular weight is 526 g/mol. The van der Waals surface area contributed by atoms with E-state index in [2.05, 4.69) is 9.88 Å². The zero-order valence-electron chi connectivity index (χ0n) is 19.6. The Hall–Kier alpha value is -2.40. The molecule has 0 radical (unpaired) electrons.